The number of likely N-dealkylation sites (N-methyl/N-ethyl adjacent to an activating group) is 1. The molecule has 1 amide bonds. The molecule has 2 aromatic carbocycles. The number of benzene rings is 2. The number of alkyl carbamates (subject to hydrolysis) is 1. The molecule has 2 unspecified atom stereocenters. The van der Waals surface area contributed by atoms with Gasteiger partial charge in [0.2, 0.25) is 10.0 Å². The van der Waals surface area contributed by atoms with E-state index in [0.29, 0.717) is 23.0 Å². The fourth-order valence-corrected chi connectivity index (χ4v) is 7.56. The normalized spacial score (nSPS) is 17.4. The first kappa shape index (κ1) is 33.1. The van der Waals surface area contributed by atoms with Gasteiger partial charge in [-0.25, -0.2) is 13.2 Å². The van der Waals surface area contributed by atoms with E-state index in [1.165, 1.54) is 16.4 Å². The van der Waals surface area contributed by atoms with Crippen molar-refractivity contribution in [1.29, 1.82) is 0 Å². The third-order valence-electron chi connectivity index (χ3n) is 7.76. The van der Waals surface area contributed by atoms with Gasteiger partial charge in [-0.1, -0.05) is 44.2 Å². The summed E-state index contributed by atoms with van der Waals surface area (Å²) in [5, 5.41) is 16.2. The molecule has 2 aliphatic rings. The summed E-state index contributed by atoms with van der Waals surface area (Å²) in [6, 6.07) is 13.8. The summed E-state index contributed by atoms with van der Waals surface area (Å²) in [6.45, 7) is 7.15. The lowest BCUT2D eigenvalue weighted by molar-refractivity contribution is 0.0743. The Bertz CT molecular complexity index is 1560. The Balaban J connectivity index is 1.34. The number of nitrogens with zero attached hydrogens (tertiary/aromatic N) is 5. The highest BCUT2D eigenvalue weighted by Crippen LogP contribution is 2.27. The second-order valence-corrected chi connectivity index (χ2v) is 14.7. The number of nitrogens with one attached hydrogen (secondary N) is 1. The highest BCUT2D eigenvalue weighted by Gasteiger charge is 2.32. The Kier molecular flexibility index (Phi) is 10.9. The second kappa shape index (κ2) is 14.9. The number of rotatable bonds is 13. The van der Waals surface area contributed by atoms with Gasteiger partial charge in [-0.05, 0) is 42.5 Å². The minimum absolute atomic E-state index is 0.0262. The number of amides is 1. The van der Waals surface area contributed by atoms with E-state index < -0.39 is 28.3 Å². The van der Waals surface area contributed by atoms with Crippen molar-refractivity contribution in [2.45, 2.75) is 37.3 Å². The zero-order chi connectivity index (χ0) is 32.0. The molecule has 0 radical (unpaired) electrons. The topological polar surface area (TPSA) is 132 Å². The fourth-order valence-electron chi connectivity index (χ4n) is 5.23. The third-order valence-corrected chi connectivity index (χ3v) is 10.4. The summed E-state index contributed by atoms with van der Waals surface area (Å²) in [4.78, 5) is 23.6. The van der Waals surface area contributed by atoms with Crippen molar-refractivity contribution in [3.8, 4) is 0 Å². The van der Waals surface area contributed by atoms with Gasteiger partial charge in [0, 0.05) is 51.5 Å². The molecule has 2 atom stereocenters. The van der Waals surface area contributed by atoms with Gasteiger partial charge < -0.3 is 34.3 Å². The van der Waals surface area contributed by atoms with Crippen LogP contribution in [0.4, 0.5) is 10.8 Å². The molecular formula is C31H42N6O6S2. The van der Waals surface area contributed by atoms with Crippen molar-refractivity contribution in [2.24, 2.45) is 5.92 Å². The second-order valence-electron chi connectivity index (χ2n) is 11.9. The number of ether oxygens (including phenoxy) is 1. The quantitative estimate of drug-likeness (QED) is 0.280. The predicted molar refractivity (Wildman–Crippen MR) is 175 cm³/mol. The Labute approximate surface area is 269 Å². The first-order chi connectivity index (χ1) is 21.6. The summed E-state index contributed by atoms with van der Waals surface area (Å²) in [6.07, 6.45) is 0.203. The van der Waals surface area contributed by atoms with Crippen LogP contribution in [0.25, 0.3) is 11.1 Å². The summed E-state index contributed by atoms with van der Waals surface area (Å²) in [5.41, 5.74) is 1.84. The van der Waals surface area contributed by atoms with Gasteiger partial charge in [0.05, 0.1) is 22.9 Å². The van der Waals surface area contributed by atoms with Gasteiger partial charge in [-0.3, -0.25) is 0 Å². The van der Waals surface area contributed by atoms with E-state index in [1.54, 1.807) is 17.8 Å². The Hall–Kier alpha value is -3.30. The third kappa shape index (κ3) is 8.70. The monoisotopic (exact) mass is 658 g/mol. The van der Waals surface area contributed by atoms with Gasteiger partial charge in [-0.15, -0.1) is 11.8 Å². The highest BCUT2D eigenvalue weighted by atomic mass is 32.2. The lowest BCUT2D eigenvalue weighted by Gasteiger charge is -2.31. The number of aliphatic hydroxyl groups is 1. The molecule has 0 saturated carbocycles. The Morgan fingerprint density at radius 1 is 1.13 bits per heavy atom. The maximum Gasteiger partial charge on any atom is 0.409 e. The van der Waals surface area contributed by atoms with Crippen LogP contribution in [0.2, 0.25) is 0 Å². The van der Waals surface area contributed by atoms with Crippen LogP contribution in [-0.2, 0) is 21.2 Å². The average molecular weight is 659 g/mol. The lowest BCUT2D eigenvalue weighted by atomic mass is 10.0. The number of hydrogen-bond acceptors (Lipinski definition) is 11. The number of aliphatic hydroxyl groups excluding tert-OH is 1. The first-order valence-electron chi connectivity index (χ1n) is 15.1. The molecule has 1 saturated heterocycles. The van der Waals surface area contributed by atoms with E-state index in [1.807, 2.05) is 60.7 Å². The highest BCUT2D eigenvalue weighted by molar-refractivity contribution is 8.02. The van der Waals surface area contributed by atoms with Gasteiger partial charge in [-0.2, -0.15) is 9.29 Å². The molecule has 1 fully saturated rings. The summed E-state index contributed by atoms with van der Waals surface area (Å²) in [5.74, 6) is 0.657. The lowest BCUT2D eigenvalue weighted by Crippen LogP contribution is -2.51. The van der Waals surface area contributed by atoms with Crippen molar-refractivity contribution in [3.05, 3.63) is 65.7 Å². The maximum atomic E-state index is 14.1. The SMILES string of the molecule is CC(C)CN(CC(O)C(Cc1ccccc1)NC(=O)OCN1C=CSC1)S(=O)(=O)c1ccc2nc(N3CCN(C)CC3)oc2c1. The molecule has 2 aliphatic heterocycles. The molecule has 3 aromatic rings. The number of thioether (sulfide) groups is 1. The van der Waals surface area contributed by atoms with Gasteiger partial charge in [0.1, 0.15) is 5.52 Å². The van der Waals surface area contributed by atoms with E-state index >= 15 is 0 Å². The zero-order valence-electron chi connectivity index (χ0n) is 25.9. The van der Waals surface area contributed by atoms with Crippen LogP contribution < -0.4 is 10.2 Å². The molecule has 0 aliphatic carbocycles. The smallest absolute Gasteiger partial charge is 0.409 e. The van der Waals surface area contributed by atoms with Gasteiger partial charge in [0.25, 0.3) is 6.01 Å². The number of oxazole rings is 1. The molecule has 2 N–H and O–H groups in total. The number of carbonyl (C=O) groups excluding carboxylic acids is 1. The minimum Gasteiger partial charge on any atom is -0.428 e. The van der Waals surface area contributed by atoms with Crippen LogP contribution in [-0.4, -0.2) is 110 Å². The molecule has 5 rings (SSSR count). The fraction of sp³-hybridized carbons (Fsp3) is 0.484. The van der Waals surface area contributed by atoms with Crippen LogP contribution in [0.3, 0.4) is 0 Å². The molecule has 244 valence electrons. The molecule has 0 spiro atoms. The molecule has 0 bridgehead atoms. The van der Waals surface area contributed by atoms with Crippen LogP contribution in [0, 0.1) is 5.92 Å². The van der Waals surface area contributed by atoms with E-state index in [4.69, 9.17) is 9.15 Å². The molecule has 14 heteroatoms. The van der Waals surface area contributed by atoms with Crippen molar-refractivity contribution in [1.82, 2.24) is 24.4 Å². The molecule has 3 heterocycles. The summed E-state index contributed by atoms with van der Waals surface area (Å²) < 4.78 is 40.8. The van der Waals surface area contributed by atoms with Crippen molar-refractivity contribution < 1.29 is 27.5 Å². The van der Waals surface area contributed by atoms with Crippen LogP contribution in [0.5, 0.6) is 0 Å². The minimum atomic E-state index is -4.06. The van der Waals surface area contributed by atoms with Crippen LogP contribution >= 0.6 is 11.8 Å². The number of aromatic nitrogens is 1. The number of piperazine rings is 1. The Morgan fingerprint density at radius 2 is 1.89 bits per heavy atom. The Morgan fingerprint density at radius 3 is 2.58 bits per heavy atom. The standard InChI is InChI=1S/C31H42N6O6S2/c1-23(2)19-37(45(40,41)25-9-10-26-29(18-25)43-30(32-26)36-13-11-34(3)12-14-36)20-28(38)27(17-24-7-5-4-6-8-24)33-31(39)42-21-35-15-16-44-22-35/h4-10,15-16,18,23,27-28,38H,11-14,17,19-22H2,1-3H3,(H,33,39). The molecule has 1 aromatic heterocycles. The van der Waals surface area contributed by atoms with Crippen molar-refractivity contribution in [2.75, 3.05) is 63.8 Å². The van der Waals surface area contributed by atoms with E-state index in [2.05, 4.69) is 27.1 Å². The summed E-state index contributed by atoms with van der Waals surface area (Å²) >= 11 is 1.59. The molecule has 12 nitrogen and oxygen atoms in total. The van der Waals surface area contributed by atoms with Crippen LogP contribution in [0.15, 0.2) is 69.5 Å². The largest absolute Gasteiger partial charge is 0.428 e. The van der Waals surface area contributed by atoms with Gasteiger partial charge in [0.15, 0.2) is 12.3 Å². The van der Waals surface area contributed by atoms with E-state index in [0.717, 1.165) is 31.7 Å². The number of hydrogen-bond donors (Lipinski definition) is 2. The average Bonchev–Trinajstić information content (AvgIpc) is 3.70. The first-order valence-corrected chi connectivity index (χ1v) is 17.6. The van der Waals surface area contributed by atoms with Gasteiger partial charge >= 0.3 is 6.09 Å². The molecule has 45 heavy (non-hydrogen) atoms. The maximum absolute atomic E-state index is 14.1. The number of sulfonamides is 1. The zero-order valence-corrected chi connectivity index (χ0v) is 27.5. The number of carbonyl (C=O) groups is 1. The molecular weight excluding hydrogens is 617 g/mol. The summed E-state index contributed by atoms with van der Waals surface area (Å²) in [7, 11) is -1.99. The van der Waals surface area contributed by atoms with Crippen molar-refractivity contribution >= 4 is 45.0 Å². The van der Waals surface area contributed by atoms with E-state index in [-0.39, 0.29) is 37.1 Å². The number of fused-ring (bicyclic) bond motifs is 1. The predicted octanol–water partition coefficient (Wildman–Crippen LogP) is 3.36. The van der Waals surface area contributed by atoms with Crippen LogP contribution in [0.1, 0.15) is 19.4 Å². The van der Waals surface area contributed by atoms with Crippen molar-refractivity contribution in [3.63, 3.8) is 0 Å². The van der Waals surface area contributed by atoms with E-state index in [9.17, 15) is 18.3 Å². The number of anilines is 1.